The average molecular weight is 197 g/mol. The Hall–Kier alpha value is -1.09. The molecule has 1 aromatic rings. The van der Waals surface area contributed by atoms with E-state index in [2.05, 4.69) is 0 Å². The number of benzene rings is 1. The molecule has 0 spiro atoms. The van der Waals surface area contributed by atoms with Gasteiger partial charge in [0.15, 0.2) is 11.6 Å². The first kappa shape index (κ1) is 11.0. The molecule has 0 aromatic heterocycles. The highest BCUT2D eigenvalue weighted by Crippen LogP contribution is 2.20. The molecule has 14 heavy (non-hydrogen) atoms. The van der Waals surface area contributed by atoms with Crippen molar-refractivity contribution in [1.29, 1.82) is 0 Å². The van der Waals surface area contributed by atoms with Crippen molar-refractivity contribution in [2.75, 3.05) is 0 Å². The summed E-state index contributed by atoms with van der Waals surface area (Å²) in [6.45, 7) is 5.55. The van der Waals surface area contributed by atoms with Crippen LogP contribution in [-0.4, -0.2) is 12.1 Å². The maximum Gasteiger partial charge on any atom is 0.165 e. The van der Waals surface area contributed by atoms with E-state index in [0.717, 1.165) is 5.56 Å². The van der Waals surface area contributed by atoms with Gasteiger partial charge in [0.05, 0.1) is 0 Å². The minimum absolute atomic E-state index is 0.116. The first-order valence-electron chi connectivity index (χ1n) is 4.69. The van der Waals surface area contributed by atoms with Crippen LogP contribution in [0.15, 0.2) is 18.2 Å². The molecule has 0 saturated carbocycles. The molecule has 2 N–H and O–H groups in total. The Balaban J connectivity index is 2.80. The Labute approximate surface area is 83.9 Å². The molecule has 0 saturated heterocycles. The Morgan fingerprint density at radius 2 is 2.00 bits per heavy atom. The molecule has 0 radical (unpaired) electrons. The smallest absolute Gasteiger partial charge is 0.165 e. The average Bonchev–Trinajstić information content (AvgIpc) is 2.11. The van der Waals surface area contributed by atoms with Gasteiger partial charge in [-0.15, -0.1) is 0 Å². The van der Waals surface area contributed by atoms with Crippen LogP contribution in [0.1, 0.15) is 19.4 Å². The van der Waals surface area contributed by atoms with Crippen molar-refractivity contribution in [1.82, 2.24) is 0 Å². The van der Waals surface area contributed by atoms with Crippen molar-refractivity contribution >= 4 is 0 Å². The van der Waals surface area contributed by atoms with Crippen LogP contribution in [0.2, 0.25) is 0 Å². The summed E-state index contributed by atoms with van der Waals surface area (Å²) in [5.74, 6) is -0.0714. The number of ether oxygens (including phenoxy) is 1. The van der Waals surface area contributed by atoms with Crippen molar-refractivity contribution in [2.45, 2.75) is 32.9 Å². The highest BCUT2D eigenvalue weighted by atomic mass is 19.1. The predicted octanol–water partition coefficient (Wildman–Crippen LogP) is 2.25. The molecule has 0 heterocycles. The third-order valence-electron chi connectivity index (χ3n) is 2.14. The second-order valence-corrected chi connectivity index (χ2v) is 3.62. The van der Waals surface area contributed by atoms with Gasteiger partial charge < -0.3 is 10.5 Å². The lowest BCUT2D eigenvalue weighted by atomic mass is 10.2. The van der Waals surface area contributed by atoms with E-state index in [-0.39, 0.29) is 23.7 Å². The number of hydrogen-bond acceptors (Lipinski definition) is 2. The van der Waals surface area contributed by atoms with E-state index in [9.17, 15) is 4.39 Å². The van der Waals surface area contributed by atoms with Crippen LogP contribution in [0, 0.1) is 12.7 Å². The molecule has 0 aliphatic carbocycles. The normalized spacial score (nSPS) is 14.9. The first-order valence-corrected chi connectivity index (χ1v) is 4.69. The van der Waals surface area contributed by atoms with Crippen LogP contribution in [0.3, 0.4) is 0 Å². The SMILES string of the molecule is Cc1ccc(F)c(OC(C)[C@@H](C)N)c1. The Bertz CT molecular complexity index is 312. The highest BCUT2D eigenvalue weighted by molar-refractivity contribution is 5.29. The van der Waals surface area contributed by atoms with Gasteiger partial charge in [0.25, 0.3) is 0 Å². The molecule has 2 atom stereocenters. The molecule has 1 rings (SSSR count). The zero-order chi connectivity index (χ0) is 10.7. The molecule has 0 amide bonds. The second kappa shape index (κ2) is 4.42. The zero-order valence-electron chi connectivity index (χ0n) is 8.75. The number of aryl methyl sites for hydroxylation is 1. The molecule has 1 aromatic carbocycles. The van der Waals surface area contributed by atoms with Crippen LogP contribution >= 0.6 is 0 Å². The standard InChI is InChI=1S/C11H16FNO/c1-7-4-5-10(12)11(6-7)14-9(3)8(2)13/h4-6,8-9H,13H2,1-3H3/t8-,9?/m1/s1. The summed E-state index contributed by atoms with van der Waals surface area (Å²) in [5, 5.41) is 0. The quantitative estimate of drug-likeness (QED) is 0.806. The van der Waals surface area contributed by atoms with E-state index in [1.807, 2.05) is 20.8 Å². The summed E-state index contributed by atoms with van der Waals surface area (Å²) >= 11 is 0. The van der Waals surface area contributed by atoms with Gasteiger partial charge in [0.1, 0.15) is 6.10 Å². The number of halogens is 1. The predicted molar refractivity (Wildman–Crippen MR) is 54.9 cm³/mol. The van der Waals surface area contributed by atoms with Crippen LogP contribution in [0.4, 0.5) is 4.39 Å². The molecule has 78 valence electrons. The van der Waals surface area contributed by atoms with Gasteiger partial charge >= 0.3 is 0 Å². The molecule has 1 unspecified atom stereocenters. The summed E-state index contributed by atoms with van der Waals surface area (Å²) in [5.41, 5.74) is 6.60. The van der Waals surface area contributed by atoms with Crippen molar-refractivity contribution < 1.29 is 9.13 Å². The largest absolute Gasteiger partial charge is 0.486 e. The van der Waals surface area contributed by atoms with Crippen molar-refractivity contribution in [2.24, 2.45) is 5.73 Å². The lowest BCUT2D eigenvalue weighted by molar-refractivity contribution is 0.188. The summed E-state index contributed by atoms with van der Waals surface area (Å²) in [7, 11) is 0. The maximum absolute atomic E-state index is 13.2. The Morgan fingerprint density at radius 3 is 2.57 bits per heavy atom. The van der Waals surface area contributed by atoms with E-state index in [4.69, 9.17) is 10.5 Å². The molecular weight excluding hydrogens is 181 g/mol. The monoisotopic (exact) mass is 197 g/mol. The fourth-order valence-electron chi connectivity index (χ4n) is 1.01. The van der Waals surface area contributed by atoms with Gasteiger partial charge in [-0.25, -0.2) is 4.39 Å². The fourth-order valence-corrected chi connectivity index (χ4v) is 1.01. The molecule has 0 aliphatic rings. The number of nitrogens with two attached hydrogens (primary N) is 1. The lowest BCUT2D eigenvalue weighted by Gasteiger charge is -2.18. The van der Waals surface area contributed by atoms with E-state index < -0.39 is 0 Å². The first-order chi connectivity index (χ1) is 6.50. The Morgan fingerprint density at radius 1 is 1.36 bits per heavy atom. The van der Waals surface area contributed by atoms with Gasteiger partial charge in [-0.1, -0.05) is 6.07 Å². The minimum Gasteiger partial charge on any atom is -0.486 e. The van der Waals surface area contributed by atoms with Gasteiger partial charge in [0, 0.05) is 6.04 Å². The summed E-state index contributed by atoms with van der Waals surface area (Å²) in [6, 6.07) is 4.67. The van der Waals surface area contributed by atoms with E-state index in [1.54, 1.807) is 12.1 Å². The van der Waals surface area contributed by atoms with E-state index in [0.29, 0.717) is 0 Å². The minimum atomic E-state index is -0.344. The lowest BCUT2D eigenvalue weighted by Crippen LogP contribution is -2.33. The zero-order valence-corrected chi connectivity index (χ0v) is 8.75. The van der Waals surface area contributed by atoms with Crippen LogP contribution < -0.4 is 10.5 Å². The van der Waals surface area contributed by atoms with E-state index in [1.165, 1.54) is 6.07 Å². The molecule has 0 bridgehead atoms. The molecular formula is C11H16FNO. The second-order valence-electron chi connectivity index (χ2n) is 3.62. The topological polar surface area (TPSA) is 35.2 Å². The van der Waals surface area contributed by atoms with Crippen molar-refractivity contribution in [3.63, 3.8) is 0 Å². The fraction of sp³-hybridized carbons (Fsp3) is 0.455. The van der Waals surface area contributed by atoms with Crippen molar-refractivity contribution in [3.8, 4) is 5.75 Å². The summed E-state index contributed by atoms with van der Waals surface area (Å²) in [6.07, 6.45) is -0.189. The molecule has 0 aliphatic heterocycles. The van der Waals surface area contributed by atoms with Crippen LogP contribution in [-0.2, 0) is 0 Å². The summed E-state index contributed by atoms with van der Waals surface area (Å²) < 4.78 is 18.6. The third kappa shape index (κ3) is 2.70. The van der Waals surface area contributed by atoms with Gasteiger partial charge in [-0.2, -0.15) is 0 Å². The number of rotatable bonds is 3. The molecule has 0 fully saturated rings. The molecule has 2 nitrogen and oxygen atoms in total. The van der Waals surface area contributed by atoms with Crippen molar-refractivity contribution in [3.05, 3.63) is 29.6 Å². The van der Waals surface area contributed by atoms with E-state index >= 15 is 0 Å². The summed E-state index contributed by atoms with van der Waals surface area (Å²) in [4.78, 5) is 0. The van der Waals surface area contributed by atoms with Crippen LogP contribution in [0.5, 0.6) is 5.75 Å². The molecule has 3 heteroatoms. The third-order valence-corrected chi connectivity index (χ3v) is 2.14. The Kier molecular flexibility index (Phi) is 3.47. The van der Waals surface area contributed by atoms with Gasteiger partial charge in [-0.3, -0.25) is 0 Å². The maximum atomic E-state index is 13.2. The number of hydrogen-bond donors (Lipinski definition) is 1. The van der Waals surface area contributed by atoms with Crippen LogP contribution in [0.25, 0.3) is 0 Å². The van der Waals surface area contributed by atoms with Gasteiger partial charge in [0.2, 0.25) is 0 Å². The van der Waals surface area contributed by atoms with Gasteiger partial charge in [-0.05, 0) is 38.5 Å². The highest BCUT2D eigenvalue weighted by Gasteiger charge is 2.11.